The molecule has 7 heteroatoms. The zero-order valence-electron chi connectivity index (χ0n) is 12.7. The Labute approximate surface area is 133 Å². The third-order valence-electron chi connectivity index (χ3n) is 3.60. The summed E-state index contributed by atoms with van der Waals surface area (Å²) in [5.41, 5.74) is 1.89. The summed E-state index contributed by atoms with van der Waals surface area (Å²) in [5.74, 6) is -0.511. The van der Waals surface area contributed by atoms with Crippen molar-refractivity contribution in [1.29, 1.82) is 0 Å². The highest BCUT2D eigenvalue weighted by Crippen LogP contribution is 2.17. The number of anilines is 1. The smallest absolute Gasteiger partial charge is 0.321 e. The zero-order chi connectivity index (χ0) is 16.2. The minimum absolute atomic E-state index is 0.122. The molecule has 1 fully saturated rings. The van der Waals surface area contributed by atoms with Crippen molar-refractivity contribution in [3.63, 3.8) is 0 Å². The standard InChI is InChI=1S/C16H17FN4O2/c1-11-2-4-13(5-3-11)20-16(22)21-7-6-14(10-21)23-15-18-8-12(17)9-19-15/h2-5,8-9,14H,6-7,10H2,1H3,(H,20,22)/t14-/m1/s1. The maximum absolute atomic E-state index is 12.8. The van der Waals surface area contributed by atoms with E-state index in [0.717, 1.165) is 23.6 Å². The molecular weight excluding hydrogens is 299 g/mol. The number of hydrogen-bond acceptors (Lipinski definition) is 4. The summed E-state index contributed by atoms with van der Waals surface area (Å²) in [4.78, 5) is 21.4. The first-order valence-electron chi connectivity index (χ1n) is 7.37. The number of likely N-dealkylation sites (tertiary alicyclic amines) is 1. The van der Waals surface area contributed by atoms with Crippen LogP contribution < -0.4 is 10.1 Å². The number of benzene rings is 1. The summed E-state index contributed by atoms with van der Waals surface area (Å²) >= 11 is 0. The van der Waals surface area contributed by atoms with Crippen LogP contribution in [-0.2, 0) is 0 Å². The average molecular weight is 316 g/mol. The van der Waals surface area contributed by atoms with E-state index in [4.69, 9.17) is 4.74 Å². The number of hydrogen-bond donors (Lipinski definition) is 1. The second-order valence-electron chi connectivity index (χ2n) is 5.45. The highest BCUT2D eigenvalue weighted by molar-refractivity contribution is 5.89. The van der Waals surface area contributed by atoms with E-state index in [1.54, 1.807) is 4.90 Å². The van der Waals surface area contributed by atoms with E-state index < -0.39 is 5.82 Å². The normalized spacial score (nSPS) is 17.1. The number of ether oxygens (including phenoxy) is 1. The number of urea groups is 1. The molecule has 0 saturated carbocycles. The van der Waals surface area contributed by atoms with Gasteiger partial charge in [-0.25, -0.2) is 19.2 Å². The first-order chi connectivity index (χ1) is 11.1. The molecule has 2 heterocycles. The molecule has 1 atom stereocenters. The molecule has 1 saturated heterocycles. The quantitative estimate of drug-likeness (QED) is 0.945. The lowest BCUT2D eigenvalue weighted by Crippen LogP contribution is -2.34. The molecule has 1 aliphatic rings. The Morgan fingerprint density at radius 1 is 1.30 bits per heavy atom. The Morgan fingerprint density at radius 2 is 2.00 bits per heavy atom. The third kappa shape index (κ3) is 3.94. The molecule has 2 amide bonds. The van der Waals surface area contributed by atoms with Crippen molar-refractivity contribution in [1.82, 2.24) is 14.9 Å². The van der Waals surface area contributed by atoms with Crippen LogP contribution in [0.2, 0.25) is 0 Å². The number of carbonyl (C=O) groups excluding carboxylic acids is 1. The Morgan fingerprint density at radius 3 is 2.70 bits per heavy atom. The van der Waals surface area contributed by atoms with Crippen LogP contribution in [0, 0.1) is 12.7 Å². The van der Waals surface area contributed by atoms with E-state index in [2.05, 4.69) is 15.3 Å². The lowest BCUT2D eigenvalue weighted by atomic mass is 10.2. The van der Waals surface area contributed by atoms with Crippen LogP contribution in [0.1, 0.15) is 12.0 Å². The SMILES string of the molecule is Cc1ccc(NC(=O)N2CC[C@@H](Oc3ncc(F)cn3)C2)cc1. The van der Waals surface area contributed by atoms with E-state index >= 15 is 0 Å². The van der Waals surface area contributed by atoms with E-state index in [0.29, 0.717) is 19.5 Å². The molecule has 0 unspecified atom stereocenters. The fraction of sp³-hybridized carbons (Fsp3) is 0.312. The van der Waals surface area contributed by atoms with Crippen LogP contribution in [0.3, 0.4) is 0 Å². The van der Waals surface area contributed by atoms with Gasteiger partial charge in [0.2, 0.25) is 0 Å². The second kappa shape index (κ2) is 6.60. The van der Waals surface area contributed by atoms with Crippen LogP contribution in [0.5, 0.6) is 6.01 Å². The number of nitrogens with one attached hydrogen (secondary N) is 1. The van der Waals surface area contributed by atoms with Crippen molar-refractivity contribution in [2.75, 3.05) is 18.4 Å². The van der Waals surface area contributed by atoms with Crippen LogP contribution >= 0.6 is 0 Å². The van der Waals surface area contributed by atoms with Crippen molar-refractivity contribution in [2.45, 2.75) is 19.4 Å². The van der Waals surface area contributed by atoms with Crippen molar-refractivity contribution >= 4 is 11.7 Å². The van der Waals surface area contributed by atoms with Crippen LogP contribution in [-0.4, -0.2) is 40.1 Å². The Bertz CT molecular complexity index is 675. The third-order valence-corrected chi connectivity index (χ3v) is 3.60. The van der Waals surface area contributed by atoms with Gasteiger partial charge in [0.05, 0.1) is 18.9 Å². The molecule has 120 valence electrons. The number of amides is 2. The molecule has 1 N–H and O–H groups in total. The monoisotopic (exact) mass is 316 g/mol. The van der Waals surface area contributed by atoms with E-state index in [9.17, 15) is 9.18 Å². The Kier molecular flexibility index (Phi) is 4.36. The number of halogens is 1. The minimum atomic E-state index is -0.511. The molecule has 1 aromatic carbocycles. The Balaban J connectivity index is 1.53. The molecule has 6 nitrogen and oxygen atoms in total. The van der Waals surface area contributed by atoms with Gasteiger partial charge in [-0.15, -0.1) is 0 Å². The molecule has 1 aliphatic heterocycles. The van der Waals surface area contributed by atoms with Gasteiger partial charge in [0.25, 0.3) is 0 Å². The van der Waals surface area contributed by atoms with Crippen molar-refractivity contribution in [3.8, 4) is 6.01 Å². The predicted molar refractivity (Wildman–Crippen MR) is 82.8 cm³/mol. The summed E-state index contributed by atoms with van der Waals surface area (Å²) in [7, 11) is 0. The molecule has 3 rings (SSSR count). The van der Waals surface area contributed by atoms with Crippen LogP contribution in [0.4, 0.5) is 14.9 Å². The molecule has 2 aromatic rings. The maximum atomic E-state index is 12.8. The molecule has 23 heavy (non-hydrogen) atoms. The summed E-state index contributed by atoms with van der Waals surface area (Å²) in [6.45, 7) is 3.02. The number of rotatable bonds is 3. The van der Waals surface area contributed by atoms with Crippen LogP contribution in [0.25, 0.3) is 0 Å². The first kappa shape index (κ1) is 15.2. The van der Waals surface area contributed by atoms with Gasteiger partial charge in [-0.1, -0.05) is 17.7 Å². The molecule has 1 aromatic heterocycles. The topological polar surface area (TPSA) is 67.4 Å². The number of aromatic nitrogens is 2. The maximum Gasteiger partial charge on any atom is 0.321 e. The van der Waals surface area contributed by atoms with Gasteiger partial charge < -0.3 is 15.0 Å². The van der Waals surface area contributed by atoms with Crippen molar-refractivity contribution < 1.29 is 13.9 Å². The molecule has 0 aliphatic carbocycles. The molecule has 0 radical (unpaired) electrons. The summed E-state index contributed by atoms with van der Waals surface area (Å²) < 4.78 is 18.3. The lowest BCUT2D eigenvalue weighted by molar-refractivity contribution is 0.183. The lowest BCUT2D eigenvalue weighted by Gasteiger charge is -2.17. The first-order valence-corrected chi connectivity index (χ1v) is 7.37. The Hall–Kier alpha value is -2.70. The molecule has 0 spiro atoms. The van der Waals surface area contributed by atoms with Crippen LogP contribution in [0.15, 0.2) is 36.7 Å². The van der Waals surface area contributed by atoms with E-state index in [1.807, 2.05) is 31.2 Å². The van der Waals surface area contributed by atoms with Gasteiger partial charge in [-0.3, -0.25) is 0 Å². The summed E-state index contributed by atoms with van der Waals surface area (Å²) in [6.07, 6.45) is 2.60. The van der Waals surface area contributed by atoms with E-state index in [1.165, 1.54) is 0 Å². The minimum Gasteiger partial charge on any atom is -0.458 e. The van der Waals surface area contributed by atoms with Gasteiger partial charge in [0, 0.05) is 18.7 Å². The van der Waals surface area contributed by atoms with Gasteiger partial charge in [-0.2, -0.15) is 0 Å². The largest absolute Gasteiger partial charge is 0.458 e. The second-order valence-corrected chi connectivity index (χ2v) is 5.45. The number of carbonyl (C=O) groups is 1. The summed E-state index contributed by atoms with van der Waals surface area (Å²) in [5, 5.41) is 2.85. The fourth-order valence-electron chi connectivity index (χ4n) is 2.36. The zero-order valence-corrected chi connectivity index (χ0v) is 12.7. The van der Waals surface area contributed by atoms with Crippen molar-refractivity contribution in [3.05, 3.63) is 48.0 Å². The highest BCUT2D eigenvalue weighted by Gasteiger charge is 2.28. The number of aryl methyl sites for hydroxylation is 1. The van der Waals surface area contributed by atoms with Gasteiger partial charge in [-0.05, 0) is 19.1 Å². The van der Waals surface area contributed by atoms with Gasteiger partial charge in [0.15, 0.2) is 5.82 Å². The highest BCUT2D eigenvalue weighted by atomic mass is 19.1. The predicted octanol–water partition coefficient (Wildman–Crippen LogP) is 2.61. The summed E-state index contributed by atoms with van der Waals surface area (Å²) in [6, 6.07) is 7.57. The van der Waals surface area contributed by atoms with Gasteiger partial charge >= 0.3 is 12.0 Å². The average Bonchev–Trinajstić information content (AvgIpc) is 3.00. The fourth-order valence-corrected chi connectivity index (χ4v) is 2.36. The van der Waals surface area contributed by atoms with Crippen molar-refractivity contribution in [2.24, 2.45) is 0 Å². The van der Waals surface area contributed by atoms with Gasteiger partial charge in [0.1, 0.15) is 6.10 Å². The number of nitrogens with zero attached hydrogens (tertiary/aromatic N) is 3. The molecular formula is C16H17FN4O2. The molecule has 0 bridgehead atoms. The van der Waals surface area contributed by atoms with E-state index in [-0.39, 0.29) is 18.1 Å².